The fraction of sp³-hybridized carbons (Fsp3) is 0.0769. The summed E-state index contributed by atoms with van der Waals surface area (Å²) in [5.41, 5.74) is 13.1. The maximum Gasteiger partial charge on any atom is 0.170 e. The first kappa shape index (κ1) is 12.4. The van der Waals surface area contributed by atoms with Crippen LogP contribution in [0.2, 0.25) is 5.02 Å². The molecule has 5 heteroatoms. The van der Waals surface area contributed by atoms with Gasteiger partial charge in [-0.3, -0.25) is 4.79 Å². The van der Waals surface area contributed by atoms with E-state index in [4.69, 9.17) is 23.1 Å². The molecule has 0 saturated carbocycles. The average molecular weight is 262 g/mol. The van der Waals surface area contributed by atoms with Crippen LogP contribution < -0.4 is 11.5 Å². The number of nitrogens with zero attached hydrogens (tertiary/aromatic N) is 1. The van der Waals surface area contributed by atoms with E-state index in [1.807, 2.05) is 6.07 Å². The molecule has 1 aromatic heterocycles. The van der Waals surface area contributed by atoms with E-state index >= 15 is 0 Å². The molecule has 4 N–H and O–H groups in total. The van der Waals surface area contributed by atoms with Gasteiger partial charge in [0.25, 0.3) is 0 Å². The second kappa shape index (κ2) is 5.06. The molecule has 2 rings (SSSR count). The Morgan fingerprint density at radius 3 is 2.78 bits per heavy atom. The van der Waals surface area contributed by atoms with Crippen LogP contribution in [0.4, 0.5) is 11.5 Å². The zero-order valence-electron chi connectivity index (χ0n) is 9.56. The number of nitrogens with two attached hydrogens (primary N) is 2. The molecule has 0 saturated heterocycles. The van der Waals surface area contributed by atoms with E-state index in [-0.39, 0.29) is 18.0 Å². The summed E-state index contributed by atoms with van der Waals surface area (Å²) in [6, 6.07) is 8.69. The van der Waals surface area contributed by atoms with Crippen LogP contribution >= 0.6 is 11.6 Å². The number of aromatic nitrogens is 1. The van der Waals surface area contributed by atoms with Crippen molar-refractivity contribution in [1.29, 1.82) is 0 Å². The summed E-state index contributed by atoms with van der Waals surface area (Å²) >= 11 is 5.80. The highest BCUT2D eigenvalue weighted by atomic mass is 35.5. The highest BCUT2D eigenvalue weighted by Crippen LogP contribution is 2.18. The lowest BCUT2D eigenvalue weighted by Crippen LogP contribution is -2.08. The summed E-state index contributed by atoms with van der Waals surface area (Å²) in [7, 11) is 0. The standard InChI is InChI=1S/C13H12ClN3O/c14-9-6-11(13(16)17-7-9)12(18)5-8-2-1-3-10(15)4-8/h1-4,6-7H,5,15H2,(H2,16,17). The van der Waals surface area contributed by atoms with Crippen LogP contribution in [-0.4, -0.2) is 10.8 Å². The third kappa shape index (κ3) is 2.78. The molecule has 0 atom stereocenters. The third-order valence-corrected chi connectivity index (χ3v) is 2.71. The van der Waals surface area contributed by atoms with Crippen molar-refractivity contribution in [3.8, 4) is 0 Å². The molecule has 0 aliphatic rings. The normalized spacial score (nSPS) is 10.3. The number of rotatable bonds is 3. The van der Waals surface area contributed by atoms with Crippen molar-refractivity contribution in [1.82, 2.24) is 4.98 Å². The van der Waals surface area contributed by atoms with Crippen molar-refractivity contribution in [3.05, 3.63) is 52.7 Å². The van der Waals surface area contributed by atoms with E-state index < -0.39 is 0 Å². The molecule has 0 bridgehead atoms. The highest BCUT2D eigenvalue weighted by molar-refractivity contribution is 6.31. The monoisotopic (exact) mass is 261 g/mol. The van der Waals surface area contributed by atoms with E-state index in [9.17, 15) is 4.79 Å². The fourth-order valence-electron chi connectivity index (χ4n) is 1.66. The van der Waals surface area contributed by atoms with Crippen molar-refractivity contribution in [2.75, 3.05) is 11.5 Å². The lowest BCUT2D eigenvalue weighted by atomic mass is 10.0. The maximum atomic E-state index is 12.1. The predicted octanol–water partition coefficient (Wildman–Crippen LogP) is 2.32. The lowest BCUT2D eigenvalue weighted by molar-refractivity contribution is 0.0993. The van der Waals surface area contributed by atoms with E-state index in [1.54, 1.807) is 18.2 Å². The summed E-state index contributed by atoms with van der Waals surface area (Å²) in [5, 5.41) is 0.389. The van der Waals surface area contributed by atoms with Crippen molar-refractivity contribution >= 4 is 28.9 Å². The van der Waals surface area contributed by atoms with Crippen LogP contribution in [-0.2, 0) is 6.42 Å². The number of benzene rings is 1. The van der Waals surface area contributed by atoms with E-state index in [2.05, 4.69) is 4.98 Å². The number of halogens is 1. The van der Waals surface area contributed by atoms with Crippen molar-refractivity contribution in [2.24, 2.45) is 0 Å². The predicted molar refractivity (Wildman–Crippen MR) is 72.5 cm³/mol. The smallest absolute Gasteiger partial charge is 0.170 e. The Bertz CT molecular complexity index is 599. The van der Waals surface area contributed by atoms with Gasteiger partial charge in [-0.15, -0.1) is 0 Å². The van der Waals surface area contributed by atoms with E-state index in [0.29, 0.717) is 16.3 Å². The molecule has 0 aliphatic heterocycles. The van der Waals surface area contributed by atoms with Crippen LogP contribution in [0.1, 0.15) is 15.9 Å². The molecule has 0 radical (unpaired) electrons. The molecule has 1 aromatic carbocycles. The summed E-state index contributed by atoms with van der Waals surface area (Å²) in [6.45, 7) is 0. The number of nitrogen functional groups attached to an aromatic ring is 2. The third-order valence-electron chi connectivity index (χ3n) is 2.50. The van der Waals surface area contributed by atoms with Crippen LogP contribution in [0, 0.1) is 0 Å². The highest BCUT2D eigenvalue weighted by Gasteiger charge is 2.12. The van der Waals surface area contributed by atoms with Gasteiger partial charge in [0.15, 0.2) is 5.78 Å². The van der Waals surface area contributed by atoms with E-state index in [1.165, 1.54) is 12.3 Å². The minimum absolute atomic E-state index is 0.131. The average Bonchev–Trinajstić information content (AvgIpc) is 2.32. The van der Waals surface area contributed by atoms with Crippen molar-refractivity contribution in [2.45, 2.75) is 6.42 Å². The fourth-order valence-corrected chi connectivity index (χ4v) is 1.81. The number of pyridine rings is 1. The first-order valence-corrected chi connectivity index (χ1v) is 5.72. The van der Waals surface area contributed by atoms with Crippen LogP contribution in [0.15, 0.2) is 36.5 Å². The van der Waals surface area contributed by atoms with Gasteiger partial charge in [0.05, 0.1) is 10.6 Å². The Hall–Kier alpha value is -2.07. The number of hydrogen-bond donors (Lipinski definition) is 2. The Kier molecular flexibility index (Phi) is 3.48. The molecule has 4 nitrogen and oxygen atoms in total. The van der Waals surface area contributed by atoms with Gasteiger partial charge in [-0.25, -0.2) is 4.98 Å². The SMILES string of the molecule is Nc1cccc(CC(=O)c2cc(Cl)cnc2N)c1. The summed E-state index contributed by atoms with van der Waals surface area (Å²) in [6.07, 6.45) is 1.63. The molecule has 0 spiro atoms. The largest absolute Gasteiger partial charge is 0.399 e. The molecule has 2 aromatic rings. The van der Waals surface area contributed by atoms with Gasteiger partial charge in [0.2, 0.25) is 0 Å². The van der Waals surface area contributed by atoms with Gasteiger partial charge in [-0.1, -0.05) is 23.7 Å². The van der Waals surface area contributed by atoms with Crippen molar-refractivity contribution < 1.29 is 4.79 Å². The lowest BCUT2D eigenvalue weighted by Gasteiger charge is -2.05. The quantitative estimate of drug-likeness (QED) is 0.656. The second-order valence-electron chi connectivity index (χ2n) is 3.93. The first-order chi connectivity index (χ1) is 8.56. The number of carbonyl (C=O) groups is 1. The molecule has 1 heterocycles. The number of carbonyl (C=O) groups excluding carboxylic acids is 1. The van der Waals surface area contributed by atoms with Crippen LogP contribution in [0.5, 0.6) is 0 Å². The van der Waals surface area contributed by atoms with Crippen molar-refractivity contribution in [3.63, 3.8) is 0 Å². The molecule has 92 valence electrons. The number of anilines is 2. The Balaban J connectivity index is 2.24. The Morgan fingerprint density at radius 2 is 2.06 bits per heavy atom. The first-order valence-electron chi connectivity index (χ1n) is 5.35. The van der Waals surface area contributed by atoms with Gasteiger partial charge >= 0.3 is 0 Å². The number of ketones is 1. The van der Waals surface area contributed by atoms with Gasteiger partial charge in [0, 0.05) is 18.3 Å². The molecule has 0 unspecified atom stereocenters. The van der Waals surface area contributed by atoms with Gasteiger partial charge in [-0.05, 0) is 23.8 Å². The van der Waals surface area contributed by atoms with Crippen LogP contribution in [0.3, 0.4) is 0 Å². The topological polar surface area (TPSA) is 82.0 Å². The summed E-state index contributed by atoms with van der Waals surface area (Å²) in [5.74, 6) is 0.0569. The zero-order chi connectivity index (χ0) is 13.1. The van der Waals surface area contributed by atoms with Crippen LogP contribution in [0.25, 0.3) is 0 Å². The van der Waals surface area contributed by atoms with Gasteiger partial charge in [0.1, 0.15) is 5.82 Å². The molecular formula is C13H12ClN3O. The molecule has 0 aliphatic carbocycles. The Labute approximate surface area is 110 Å². The van der Waals surface area contributed by atoms with Gasteiger partial charge < -0.3 is 11.5 Å². The number of Topliss-reactive ketones (excluding diaryl/α,β-unsaturated/α-hetero) is 1. The maximum absolute atomic E-state index is 12.1. The van der Waals surface area contributed by atoms with E-state index in [0.717, 1.165) is 5.56 Å². The minimum Gasteiger partial charge on any atom is -0.399 e. The molecule has 18 heavy (non-hydrogen) atoms. The summed E-state index contributed by atoms with van der Waals surface area (Å²) < 4.78 is 0. The zero-order valence-corrected chi connectivity index (χ0v) is 10.3. The molecule has 0 amide bonds. The Morgan fingerprint density at radius 1 is 1.28 bits per heavy atom. The summed E-state index contributed by atoms with van der Waals surface area (Å²) in [4.78, 5) is 15.9. The molecule has 0 fully saturated rings. The molecular weight excluding hydrogens is 250 g/mol. The minimum atomic E-state index is -0.131. The number of hydrogen-bond acceptors (Lipinski definition) is 4. The van der Waals surface area contributed by atoms with Gasteiger partial charge in [-0.2, -0.15) is 0 Å². The second-order valence-corrected chi connectivity index (χ2v) is 4.37.